The highest BCUT2D eigenvalue weighted by Gasteiger charge is 2.20. The van der Waals surface area contributed by atoms with Crippen molar-refractivity contribution in [1.82, 2.24) is 20.2 Å². The molecule has 0 atom stereocenters. The van der Waals surface area contributed by atoms with Gasteiger partial charge in [-0.25, -0.2) is 13.1 Å². The maximum Gasteiger partial charge on any atom is 0.257 e. The number of aromatic amines is 1. The van der Waals surface area contributed by atoms with E-state index in [0.717, 1.165) is 12.8 Å². The average molecular weight is 302 g/mol. The minimum absolute atomic E-state index is 0.162. The van der Waals surface area contributed by atoms with E-state index in [2.05, 4.69) is 34.1 Å². The van der Waals surface area contributed by atoms with Crippen molar-refractivity contribution in [3.63, 3.8) is 0 Å². The first-order chi connectivity index (χ1) is 9.33. The van der Waals surface area contributed by atoms with Gasteiger partial charge in [0.05, 0.1) is 6.20 Å². The van der Waals surface area contributed by atoms with Crippen LogP contribution in [0.2, 0.25) is 0 Å². The average Bonchev–Trinajstić information content (AvgIpc) is 2.81. The number of aromatic nitrogens is 2. The zero-order chi connectivity index (χ0) is 15.2. The maximum atomic E-state index is 12.2. The van der Waals surface area contributed by atoms with Crippen LogP contribution in [-0.2, 0) is 16.6 Å². The first-order valence-electron chi connectivity index (χ1n) is 7.08. The quantitative estimate of drug-likeness (QED) is 0.605. The van der Waals surface area contributed by atoms with E-state index in [1.807, 2.05) is 13.8 Å². The molecule has 0 fully saturated rings. The highest BCUT2D eigenvalue weighted by Crippen LogP contribution is 2.12. The van der Waals surface area contributed by atoms with Crippen LogP contribution in [0, 0.1) is 5.92 Å². The van der Waals surface area contributed by atoms with E-state index < -0.39 is 10.0 Å². The fourth-order valence-corrected chi connectivity index (χ4v) is 2.96. The monoisotopic (exact) mass is 302 g/mol. The Morgan fingerprint density at radius 2 is 2.00 bits per heavy atom. The van der Waals surface area contributed by atoms with Gasteiger partial charge in [0, 0.05) is 24.7 Å². The van der Waals surface area contributed by atoms with Crippen LogP contribution < -0.4 is 10.0 Å². The third-order valence-corrected chi connectivity index (χ3v) is 4.37. The van der Waals surface area contributed by atoms with Gasteiger partial charge in [-0.15, -0.1) is 0 Å². The van der Waals surface area contributed by atoms with Gasteiger partial charge in [0.2, 0.25) is 0 Å². The van der Waals surface area contributed by atoms with Crippen LogP contribution in [0.25, 0.3) is 0 Å². The molecule has 116 valence electrons. The largest absolute Gasteiger partial charge is 0.310 e. The lowest BCUT2D eigenvalue weighted by atomic mass is 10.1. The Bertz CT molecular complexity index is 494. The van der Waals surface area contributed by atoms with Gasteiger partial charge in [0.15, 0.2) is 5.03 Å². The Morgan fingerprint density at radius 3 is 2.60 bits per heavy atom. The van der Waals surface area contributed by atoms with Crippen LogP contribution in [0.4, 0.5) is 0 Å². The molecule has 3 N–H and O–H groups in total. The van der Waals surface area contributed by atoms with E-state index in [1.165, 1.54) is 0 Å². The third kappa shape index (κ3) is 5.60. The van der Waals surface area contributed by atoms with Crippen LogP contribution in [0.15, 0.2) is 11.2 Å². The summed E-state index contributed by atoms with van der Waals surface area (Å²) in [5, 5.41) is 9.77. The molecule has 0 saturated heterocycles. The molecule has 0 spiro atoms. The maximum absolute atomic E-state index is 12.2. The van der Waals surface area contributed by atoms with Crippen LogP contribution in [0.5, 0.6) is 0 Å². The Morgan fingerprint density at radius 1 is 1.30 bits per heavy atom. The molecule has 1 aromatic rings. The molecule has 1 aromatic heterocycles. The number of nitrogens with one attached hydrogen (secondary N) is 3. The molecule has 0 amide bonds. The molecule has 0 aliphatic heterocycles. The molecule has 20 heavy (non-hydrogen) atoms. The number of sulfonamides is 1. The second kappa shape index (κ2) is 7.75. The van der Waals surface area contributed by atoms with E-state index >= 15 is 0 Å². The first-order valence-corrected chi connectivity index (χ1v) is 8.56. The van der Waals surface area contributed by atoms with Crippen molar-refractivity contribution in [3.05, 3.63) is 11.8 Å². The Labute approximate surface area is 121 Å². The summed E-state index contributed by atoms with van der Waals surface area (Å²) in [7, 11) is -3.50. The summed E-state index contributed by atoms with van der Waals surface area (Å²) in [6, 6.07) is 0.291. The summed E-state index contributed by atoms with van der Waals surface area (Å²) in [4.78, 5) is 0. The number of rotatable bonds is 9. The van der Waals surface area contributed by atoms with Gasteiger partial charge in [0.1, 0.15) is 0 Å². The SMILES string of the molecule is CC(C)CCCNS(=O)(=O)c1[nH]ncc1CNC(C)C. The summed E-state index contributed by atoms with van der Waals surface area (Å²) in [5.74, 6) is 0.581. The fraction of sp³-hybridized carbons (Fsp3) is 0.769. The smallest absolute Gasteiger partial charge is 0.257 e. The molecule has 0 aliphatic rings. The number of hydrogen-bond acceptors (Lipinski definition) is 4. The molecule has 0 bridgehead atoms. The van der Waals surface area contributed by atoms with Gasteiger partial charge < -0.3 is 5.32 Å². The van der Waals surface area contributed by atoms with Gasteiger partial charge in [-0.2, -0.15) is 5.10 Å². The molecule has 0 aliphatic carbocycles. The zero-order valence-corrected chi connectivity index (χ0v) is 13.5. The predicted molar refractivity (Wildman–Crippen MR) is 79.8 cm³/mol. The van der Waals surface area contributed by atoms with E-state index in [0.29, 0.717) is 30.6 Å². The second-order valence-electron chi connectivity index (χ2n) is 5.69. The molecule has 0 unspecified atom stereocenters. The molecule has 0 aromatic carbocycles. The van der Waals surface area contributed by atoms with Gasteiger partial charge in [-0.1, -0.05) is 27.7 Å². The van der Waals surface area contributed by atoms with E-state index in [9.17, 15) is 8.42 Å². The first kappa shape index (κ1) is 17.1. The number of H-pyrrole nitrogens is 1. The molecular formula is C13H26N4O2S. The minimum Gasteiger partial charge on any atom is -0.310 e. The zero-order valence-electron chi connectivity index (χ0n) is 12.7. The third-order valence-electron chi connectivity index (χ3n) is 2.90. The van der Waals surface area contributed by atoms with Crippen molar-refractivity contribution in [3.8, 4) is 0 Å². The van der Waals surface area contributed by atoms with Crippen molar-refractivity contribution >= 4 is 10.0 Å². The number of nitrogens with zero attached hydrogens (tertiary/aromatic N) is 1. The van der Waals surface area contributed by atoms with Crippen molar-refractivity contribution in [2.24, 2.45) is 5.92 Å². The number of hydrogen-bond donors (Lipinski definition) is 3. The van der Waals surface area contributed by atoms with Crippen molar-refractivity contribution in [2.45, 2.75) is 58.1 Å². The van der Waals surface area contributed by atoms with Gasteiger partial charge >= 0.3 is 0 Å². The lowest BCUT2D eigenvalue weighted by molar-refractivity contribution is 0.536. The molecule has 1 rings (SSSR count). The Hall–Kier alpha value is -0.920. The van der Waals surface area contributed by atoms with Crippen LogP contribution in [-0.4, -0.2) is 31.2 Å². The van der Waals surface area contributed by atoms with E-state index in [1.54, 1.807) is 6.20 Å². The Kier molecular flexibility index (Phi) is 6.64. The van der Waals surface area contributed by atoms with E-state index in [4.69, 9.17) is 0 Å². The molecule has 1 heterocycles. The highest BCUT2D eigenvalue weighted by atomic mass is 32.2. The topological polar surface area (TPSA) is 86.9 Å². The molecular weight excluding hydrogens is 276 g/mol. The molecule has 0 saturated carbocycles. The molecule has 6 nitrogen and oxygen atoms in total. The van der Waals surface area contributed by atoms with Gasteiger partial charge in [-0.3, -0.25) is 5.10 Å². The summed E-state index contributed by atoms with van der Waals surface area (Å²) in [6.07, 6.45) is 3.40. The summed E-state index contributed by atoms with van der Waals surface area (Å²) in [6.45, 7) is 9.21. The normalized spacial score (nSPS) is 12.5. The van der Waals surface area contributed by atoms with Crippen molar-refractivity contribution in [1.29, 1.82) is 0 Å². The van der Waals surface area contributed by atoms with Crippen molar-refractivity contribution in [2.75, 3.05) is 6.54 Å². The summed E-state index contributed by atoms with van der Waals surface area (Å²) in [5.41, 5.74) is 0.662. The van der Waals surface area contributed by atoms with E-state index in [-0.39, 0.29) is 5.03 Å². The second-order valence-corrected chi connectivity index (χ2v) is 7.40. The lowest BCUT2D eigenvalue weighted by Crippen LogP contribution is -2.28. The van der Waals surface area contributed by atoms with Gasteiger partial charge in [-0.05, 0) is 18.8 Å². The molecule has 0 radical (unpaired) electrons. The summed E-state index contributed by atoms with van der Waals surface area (Å²) < 4.78 is 27.0. The highest BCUT2D eigenvalue weighted by molar-refractivity contribution is 7.89. The molecule has 7 heteroatoms. The Balaban J connectivity index is 2.61. The summed E-state index contributed by atoms with van der Waals surface area (Å²) >= 11 is 0. The van der Waals surface area contributed by atoms with Gasteiger partial charge in [0.25, 0.3) is 10.0 Å². The van der Waals surface area contributed by atoms with Crippen LogP contribution >= 0.6 is 0 Å². The van der Waals surface area contributed by atoms with Crippen LogP contribution in [0.1, 0.15) is 46.1 Å². The lowest BCUT2D eigenvalue weighted by Gasteiger charge is -2.10. The van der Waals surface area contributed by atoms with Crippen molar-refractivity contribution < 1.29 is 8.42 Å². The fourth-order valence-electron chi connectivity index (χ4n) is 1.76. The standard InChI is InChI=1S/C13H26N4O2S/c1-10(2)6-5-7-16-20(18,19)13-12(9-15-17-13)8-14-11(3)4/h9-11,14,16H,5-8H2,1-4H3,(H,15,17). The minimum atomic E-state index is -3.50. The van der Waals surface area contributed by atoms with Crippen LogP contribution in [0.3, 0.4) is 0 Å². The predicted octanol–water partition coefficient (Wildman–Crippen LogP) is 1.62.